The van der Waals surface area contributed by atoms with Gasteiger partial charge in [-0.2, -0.15) is 0 Å². The highest BCUT2D eigenvalue weighted by Gasteiger charge is 2.59. The summed E-state index contributed by atoms with van der Waals surface area (Å²) < 4.78 is 0.258. The molecule has 0 aliphatic heterocycles. The second kappa shape index (κ2) is 5.36. The number of carbonyl (C=O) groups excluding carboxylic acids is 1. The Balaban J connectivity index is 1.40. The first kappa shape index (κ1) is 14.7. The van der Waals surface area contributed by atoms with Gasteiger partial charge in [0.05, 0.1) is 5.41 Å². The summed E-state index contributed by atoms with van der Waals surface area (Å²) in [5.41, 5.74) is 1.22. The molecular weight excluding hydrogens is 338 g/mol. The molecule has 0 radical (unpaired) electrons. The van der Waals surface area contributed by atoms with Crippen molar-refractivity contribution in [2.45, 2.75) is 49.3 Å². The third kappa shape index (κ3) is 2.62. The van der Waals surface area contributed by atoms with E-state index < -0.39 is 0 Å². The van der Waals surface area contributed by atoms with Gasteiger partial charge in [0.25, 0.3) is 0 Å². The Morgan fingerprint density at radius 3 is 2.45 bits per heavy atom. The van der Waals surface area contributed by atoms with E-state index in [2.05, 4.69) is 45.5 Å². The standard InChI is InChI=1S/C19H24BrNO/c20-19-11-15-8-16(12-19)10-18(9-15,13-19)17(22)21-7-6-14-4-2-1-3-5-14/h1-5,15-16H,6-13H2,(H,21,22)/t15-,16+,18?,19?. The summed E-state index contributed by atoms with van der Waals surface area (Å²) in [6, 6.07) is 10.4. The molecule has 2 nitrogen and oxygen atoms in total. The lowest BCUT2D eigenvalue weighted by atomic mass is 9.49. The highest BCUT2D eigenvalue weighted by Crippen LogP contribution is 2.64. The molecule has 1 aromatic carbocycles. The lowest BCUT2D eigenvalue weighted by molar-refractivity contribution is -0.143. The normalized spacial score (nSPS) is 39.0. The monoisotopic (exact) mass is 361 g/mol. The van der Waals surface area contributed by atoms with Crippen molar-refractivity contribution >= 4 is 21.8 Å². The molecule has 1 amide bonds. The fourth-order valence-electron chi connectivity index (χ4n) is 5.57. The highest BCUT2D eigenvalue weighted by molar-refractivity contribution is 9.10. The number of hydrogen-bond acceptors (Lipinski definition) is 1. The van der Waals surface area contributed by atoms with Crippen molar-refractivity contribution in [2.24, 2.45) is 17.3 Å². The van der Waals surface area contributed by atoms with Crippen LogP contribution in [0.5, 0.6) is 0 Å². The molecule has 3 heteroatoms. The van der Waals surface area contributed by atoms with Crippen LogP contribution < -0.4 is 5.32 Å². The van der Waals surface area contributed by atoms with E-state index in [0.717, 1.165) is 44.1 Å². The van der Waals surface area contributed by atoms with Crippen LogP contribution in [-0.4, -0.2) is 16.8 Å². The quantitative estimate of drug-likeness (QED) is 0.804. The molecule has 2 unspecified atom stereocenters. The van der Waals surface area contributed by atoms with Crippen LogP contribution in [0.15, 0.2) is 30.3 Å². The van der Waals surface area contributed by atoms with Gasteiger partial charge in [0.2, 0.25) is 5.91 Å². The van der Waals surface area contributed by atoms with Gasteiger partial charge < -0.3 is 5.32 Å². The molecule has 22 heavy (non-hydrogen) atoms. The van der Waals surface area contributed by atoms with Gasteiger partial charge in [-0.25, -0.2) is 0 Å². The fourth-order valence-corrected chi connectivity index (χ4v) is 7.02. The van der Waals surface area contributed by atoms with Crippen molar-refractivity contribution in [2.75, 3.05) is 6.54 Å². The van der Waals surface area contributed by atoms with Gasteiger partial charge in [0.15, 0.2) is 0 Å². The fraction of sp³-hybridized carbons (Fsp3) is 0.632. The van der Waals surface area contributed by atoms with E-state index in [-0.39, 0.29) is 9.74 Å². The van der Waals surface area contributed by atoms with E-state index in [1.165, 1.54) is 24.8 Å². The first-order chi connectivity index (χ1) is 10.6. The summed E-state index contributed by atoms with van der Waals surface area (Å²) in [4.78, 5) is 12.9. The maximum absolute atomic E-state index is 12.9. The molecule has 0 saturated heterocycles. The van der Waals surface area contributed by atoms with Gasteiger partial charge in [-0.05, 0) is 62.3 Å². The zero-order chi connectivity index (χ0) is 15.2. The van der Waals surface area contributed by atoms with Gasteiger partial charge in [0.1, 0.15) is 0 Å². The number of alkyl halides is 1. The van der Waals surface area contributed by atoms with Crippen molar-refractivity contribution in [3.05, 3.63) is 35.9 Å². The van der Waals surface area contributed by atoms with Crippen molar-refractivity contribution in [3.8, 4) is 0 Å². The number of amides is 1. The number of halogens is 1. The van der Waals surface area contributed by atoms with Crippen molar-refractivity contribution in [1.29, 1.82) is 0 Å². The van der Waals surface area contributed by atoms with Crippen LogP contribution in [0.4, 0.5) is 0 Å². The molecule has 5 rings (SSSR count). The molecule has 0 spiro atoms. The molecule has 118 valence electrons. The van der Waals surface area contributed by atoms with Crippen LogP contribution in [0.25, 0.3) is 0 Å². The van der Waals surface area contributed by atoms with Gasteiger partial charge in [-0.3, -0.25) is 4.79 Å². The highest BCUT2D eigenvalue weighted by atomic mass is 79.9. The lowest BCUT2D eigenvalue weighted by Crippen LogP contribution is -2.58. The smallest absolute Gasteiger partial charge is 0.226 e. The number of nitrogens with one attached hydrogen (secondary N) is 1. The van der Waals surface area contributed by atoms with Crippen LogP contribution in [0.2, 0.25) is 0 Å². The number of rotatable bonds is 4. The minimum Gasteiger partial charge on any atom is -0.355 e. The molecule has 0 aromatic heterocycles. The Hall–Kier alpha value is -0.830. The average Bonchev–Trinajstić information content (AvgIpc) is 2.45. The van der Waals surface area contributed by atoms with Crippen LogP contribution in [-0.2, 0) is 11.2 Å². The second-order valence-corrected chi connectivity index (χ2v) is 9.57. The van der Waals surface area contributed by atoms with Crippen LogP contribution in [0, 0.1) is 17.3 Å². The van der Waals surface area contributed by atoms with E-state index in [1.54, 1.807) is 0 Å². The molecule has 4 bridgehead atoms. The number of carbonyl (C=O) groups is 1. The van der Waals surface area contributed by atoms with Crippen molar-refractivity contribution < 1.29 is 4.79 Å². The largest absolute Gasteiger partial charge is 0.355 e. The Labute approximate surface area is 141 Å². The van der Waals surface area contributed by atoms with E-state index >= 15 is 0 Å². The van der Waals surface area contributed by atoms with E-state index in [4.69, 9.17) is 0 Å². The molecule has 4 fully saturated rings. The maximum atomic E-state index is 12.9. The van der Waals surface area contributed by atoms with Crippen LogP contribution >= 0.6 is 15.9 Å². The van der Waals surface area contributed by atoms with Crippen molar-refractivity contribution in [1.82, 2.24) is 5.32 Å². The molecular formula is C19H24BrNO. The zero-order valence-corrected chi connectivity index (χ0v) is 14.6. The Morgan fingerprint density at radius 2 is 1.82 bits per heavy atom. The summed E-state index contributed by atoms with van der Waals surface area (Å²) in [6.07, 6.45) is 8.12. The summed E-state index contributed by atoms with van der Waals surface area (Å²) in [7, 11) is 0. The molecule has 0 heterocycles. The maximum Gasteiger partial charge on any atom is 0.226 e. The minimum atomic E-state index is -0.0791. The molecule has 1 aromatic rings. The lowest BCUT2D eigenvalue weighted by Gasteiger charge is -2.59. The number of hydrogen-bond donors (Lipinski definition) is 1. The molecule has 4 aliphatic rings. The first-order valence-corrected chi connectivity index (χ1v) is 9.37. The van der Waals surface area contributed by atoms with Gasteiger partial charge in [-0.15, -0.1) is 0 Å². The van der Waals surface area contributed by atoms with Crippen LogP contribution in [0.3, 0.4) is 0 Å². The Morgan fingerprint density at radius 1 is 1.14 bits per heavy atom. The average molecular weight is 362 g/mol. The van der Waals surface area contributed by atoms with Gasteiger partial charge >= 0.3 is 0 Å². The minimum absolute atomic E-state index is 0.0791. The Kier molecular flexibility index (Phi) is 3.60. The van der Waals surface area contributed by atoms with E-state index in [0.29, 0.717) is 5.91 Å². The van der Waals surface area contributed by atoms with Gasteiger partial charge in [-0.1, -0.05) is 46.3 Å². The third-order valence-corrected chi connectivity index (χ3v) is 6.94. The van der Waals surface area contributed by atoms with E-state index in [1.807, 2.05) is 6.07 Å². The second-order valence-electron chi connectivity index (χ2n) is 7.88. The van der Waals surface area contributed by atoms with Crippen molar-refractivity contribution in [3.63, 3.8) is 0 Å². The summed E-state index contributed by atoms with van der Waals surface area (Å²) in [5, 5.41) is 3.25. The van der Waals surface area contributed by atoms with Gasteiger partial charge in [0, 0.05) is 10.9 Å². The topological polar surface area (TPSA) is 29.1 Å². The predicted molar refractivity (Wildman–Crippen MR) is 91.9 cm³/mol. The molecule has 1 N–H and O–H groups in total. The van der Waals surface area contributed by atoms with E-state index in [9.17, 15) is 4.79 Å². The summed E-state index contributed by atoms with van der Waals surface area (Å²) in [6.45, 7) is 0.759. The summed E-state index contributed by atoms with van der Waals surface area (Å²) >= 11 is 3.99. The number of benzene rings is 1. The van der Waals surface area contributed by atoms with Crippen LogP contribution in [0.1, 0.15) is 44.1 Å². The predicted octanol–water partition coefficient (Wildman–Crippen LogP) is 4.08. The zero-order valence-electron chi connectivity index (χ0n) is 13.0. The third-order valence-electron chi connectivity index (χ3n) is 6.01. The summed E-state index contributed by atoms with van der Waals surface area (Å²) in [5.74, 6) is 1.85. The molecule has 4 atom stereocenters. The Bertz CT molecular complexity index is 556. The molecule has 4 aliphatic carbocycles. The SMILES string of the molecule is O=C(NCCc1ccccc1)C12C[C@@H]3C[C@@H](CC(Br)(C3)C1)C2. The molecule has 4 saturated carbocycles. The first-order valence-electron chi connectivity index (χ1n) is 8.58.